The topological polar surface area (TPSA) is 76.9 Å². The summed E-state index contributed by atoms with van der Waals surface area (Å²) in [5, 5.41) is 9.60. The molecule has 1 aromatic carbocycles. The Kier molecular flexibility index (Phi) is 8.89. The Morgan fingerprint density at radius 2 is 1.97 bits per heavy atom. The molecule has 3 heterocycles. The predicted molar refractivity (Wildman–Crippen MR) is 136 cm³/mol. The Morgan fingerprint density at radius 1 is 1.21 bits per heavy atom. The molecule has 2 aromatic rings. The Labute approximate surface area is 211 Å². The zero-order chi connectivity index (χ0) is 23.9. The molecule has 0 saturated carbocycles. The van der Waals surface area contributed by atoms with Gasteiger partial charge in [-0.05, 0) is 56.6 Å². The highest BCUT2D eigenvalue weighted by Gasteiger charge is 2.32. The molecule has 1 atom stereocenters. The van der Waals surface area contributed by atoms with Crippen molar-refractivity contribution in [1.82, 2.24) is 14.8 Å². The molecule has 182 valence electrons. The van der Waals surface area contributed by atoms with Crippen LogP contribution in [0.3, 0.4) is 0 Å². The molecule has 0 bridgehead atoms. The smallest absolute Gasteiger partial charge is 0.149 e. The number of halogens is 1. The van der Waals surface area contributed by atoms with Crippen LogP contribution in [0.25, 0.3) is 0 Å². The lowest BCUT2D eigenvalue weighted by Crippen LogP contribution is -2.57. The van der Waals surface area contributed by atoms with E-state index in [1.54, 1.807) is 6.20 Å². The summed E-state index contributed by atoms with van der Waals surface area (Å²) in [6.45, 7) is 8.29. The van der Waals surface area contributed by atoms with E-state index in [-0.39, 0.29) is 0 Å². The highest BCUT2D eigenvalue weighted by atomic mass is 35.5. The maximum atomic E-state index is 8.98. The number of nitrogens with zero attached hydrogens (tertiary/aromatic N) is 5. The highest BCUT2D eigenvalue weighted by Crippen LogP contribution is 2.30. The number of piperazine rings is 1. The van der Waals surface area contributed by atoms with Crippen molar-refractivity contribution in [3.05, 3.63) is 52.7 Å². The fourth-order valence-electron chi connectivity index (χ4n) is 4.88. The lowest BCUT2D eigenvalue weighted by molar-refractivity contribution is -0.159. The maximum absolute atomic E-state index is 8.98. The second-order valence-electron chi connectivity index (χ2n) is 8.80. The molecule has 1 N–H and O–H groups in total. The molecule has 34 heavy (non-hydrogen) atoms. The largest absolute Gasteiger partial charge is 0.353 e. The van der Waals surface area contributed by atoms with E-state index in [4.69, 9.17) is 21.2 Å². The first-order valence-electron chi connectivity index (χ1n) is 11.6. The van der Waals surface area contributed by atoms with Crippen LogP contribution in [0, 0.1) is 11.3 Å². The fourth-order valence-corrected chi connectivity index (χ4v) is 5.47. The van der Waals surface area contributed by atoms with Gasteiger partial charge in [0, 0.05) is 38.3 Å². The zero-order valence-electron chi connectivity index (χ0n) is 19.6. The van der Waals surface area contributed by atoms with Crippen molar-refractivity contribution in [3.8, 4) is 6.07 Å². The summed E-state index contributed by atoms with van der Waals surface area (Å²) >= 11 is 7.52. The lowest BCUT2D eigenvalue weighted by atomic mass is 9.99. The number of pyridine rings is 1. The number of hydrogen-bond donors (Lipinski definition) is 1. The molecule has 2 aliphatic rings. The molecule has 8 nitrogen and oxygen atoms in total. The fraction of sp³-hybridized carbons (Fsp3) is 0.500. The van der Waals surface area contributed by atoms with Crippen molar-refractivity contribution in [2.45, 2.75) is 38.4 Å². The second kappa shape index (κ2) is 12.1. The van der Waals surface area contributed by atoms with Crippen LogP contribution in [-0.2, 0) is 15.8 Å². The molecule has 0 spiro atoms. The SMILES string of the molecule is COOSNc1cnc(N2CCN(C3CCN(Cc4ccc(C#N)cc4)CC3)[C@@H](C)C2)c(Cl)c1. The van der Waals surface area contributed by atoms with Crippen LogP contribution in [0.1, 0.15) is 30.9 Å². The molecule has 0 amide bonds. The third-order valence-electron chi connectivity index (χ3n) is 6.58. The van der Waals surface area contributed by atoms with Gasteiger partial charge >= 0.3 is 0 Å². The molecular weight excluding hydrogens is 472 g/mol. The van der Waals surface area contributed by atoms with Crippen LogP contribution in [0.15, 0.2) is 36.5 Å². The van der Waals surface area contributed by atoms with Gasteiger partial charge in [0.1, 0.15) is 18.0 Å². The number of anilines is 2. The molecule has 2 saturated heterocycles. The Hall–Kier alpha value is -2.06. The number of rotatable bonds is 8. The molecule has 4 rings (SSSR count). The van der Waals surface area contributed by atoms with E-state index in [1.807, 2.05) is 18.2 Å². The van der Waals surface area contributed by atoms with Crippen molar-refractivity contribution in [2.75, 3.05) is 49.5 Å². The minimum Gasteiger partial charge on any atom is -0.353 e. The van der Waals surface area contributed by atoms with Gasteiger partial charge in [0.25, 0.3) is 0 Å². The van der Waals surface area contributed by atoms with Crippen LogP contribution in [0.5, 0.6) is 0 Å². The highest BCUT2D eigenvalue weighted by molar-refractivity contribution is 7.95. The van der Waals surface area contributed by atoms with Crippen LogP contribution in [0.4, 0.5) is 11.5 Å². The summed E-state index contributed by atoms with van der Waals surface area (Å²) in [5.41, 5.74) is 2.75. The van der Waals surface area contributed by atoms with Gasteiger partial charge in [0.2, 0.25) is 0 Å². The van der Waals surface area contributed by atoms with Gasteiger partial charge in [-0.25, -0.2) is 9.87 Å². The van der Waals surface area contributed by atoms with Crippen molar-refractivity contribution >= 4 is 35.3 Å². The lowest BCUT2D eigenvalue weighted by Gasteiger charge is -2.47. The van der Waals surface area contributed by atoms with Gasteiger partial charge in [-0.2, -0.15) is 5.26 Å². The quantitative estimate of drug-likeness (QED) is 0.186. The molecule has 2 aliphatic heterocycles. The van der Waals surface area contributed by atoms with Crippen molar-refractivity contribution in [1.29, 1.82) is 5.26 Å². The average Bonchev–Trinajstić information content (AvgIpc) is 2.85. The summed E-state index contributed by atoms with van der Waals surface area (Å²) in [7, 11) is 1.45. The van der Waals surface area contributed by atoms with E-state index in [0.29, 0.717) is 17.1 Å². The van der Waals surface area contributed by atoms with Gasteiger partial charge in [0.05, 0.1) is 35.6 Å². The molecule has 0 radical (unpaired) electrons. The third-order valence-corrected chi connectivity index (χ3v) is 7.38. The van der Waals surface area contributed by atoms with Crippen LogP contribution >= 0.6 is 23.8 Å². The Bertz CT molecular complexity index is 980. The van der Waals surface area contributed by atoms with E-state index >= 15 is 0 Å². The van der Waals surface area contributed by atoms with Gasteiger partial charge in [-0.15, -0.1) is 4.33 Å². The number of benzene rings is 1. The first-order chi connectivity index (χ1) is 16.6. The van der Waals surface area contributed by atoms with E-state index in [9.17, 15) is 0 Å². The van der Waals surface area contributed by atoms with Gasteiger partial charge in [-0.3, -0.25) is 9.80 Å². The first kappa shape index (κ1) is 25.0. The Balaban J connectivity index is 1.26. The normalized spacial score (nSPS) is 20.3. The van der Waals surface area contributed by atoms with E-state index < -0.39 is 0 Å². The number of aromatic nitrogens is 1. The van der Waals surface area contributed by atoms with Gasteiger partial charge in [-0.1, -0.05) is 23.7 Å². The summed E-state index contributed by atoms with van der Waals surface area (Å²) in [4.78, 5) is 16.6. The molecular formula is C24H31ClN6O2S. The standard InChI is InChI=1S/C24H31ClN6O2S/c1-18-16-30(24-23(25)13-21(15-27-24)28-34-33-32-2)11-12-31(18)22-7-9-29(10-8-22)17-20-5-3-19(14-26)4-6-20/h3-6,13,15,18,22,28H,7-12,16-17H2,1-2H3/t18-/m0/s1. The molecule has 0 unspecified atom stereocenters. The molecule has 2 fully saturated rings. The minimum atomic E-state index is 0.435. The van der Waals surface area contributed by atoms with Crippen LogP contribution in [0.2, 0.25) is 5.02 Å². The van der Waals surface area contributed by atoms with Crippen molar-refractivity contribution < 1.29 is 9.22 Å². The van der Waals surface area contributed by atoms with E-state index in [2.05, 4.69) is 54.4 Å². The maximum Gasteiger partial charge on any atom is 0.149 e. The molecule has 0 aliphatic carbocycles. The first-order valence-corrected chi connectivity index (χ1v) is 12.7. The summed E-state index contributed by atoms with van der Waals surface area (Å²) in [6, 6.07) is 13.0. The van der Waals surface area contributed by atoms with Gasteiger partial charge in [0.15, 0.2) is 0 Å². The number of likely N-dealkylation sites (tertiary alicyclic amines) is 1. The predicted octanol–water partition coefficient (Wildman–Crippen LogP) is 4.33. The summed E-state index contributed by atoms with van der Waals surface area (Å²) < 4.78 is 7.74. The minimum absolute atomic E-state index is 0.435. The zero-order valence-corrected chi connectivity index (χ0v) is 21.2. The second-order valence-corrected chi connectivity index (χ2v) is 9.71. The van der Waals surface area contributed by atoms with Crippen molar-refractivity contribution in [2.24, 2.45) is 0 Å². The van der Waals surface area contributed by atoms with E-state index in [1.165, 1.54) is 25.5 Å². The van der Waals surface area contributed by atoms with Gasteiger partial charge < -0.3 is 9.62 Å². The Morgan fingerprint density at radius 3 is 2.62 bits per heavy atom. The average molecular weight is 503 g/mol. The summed E-state index contributed by atoms with van der Waals surface area (Å²) in [6.07, 6.45) is 4.12. The third kappa shape index (κ3) is 6.33. The van der Waals surface area contributed by atoms with E-state index in [0.717, 1.165) is 68.6 Å². The monoisotopic (exact) mass is 502 g/mol. The van der Waals surface area contributed by atoms with Crippen molar-refractivity contribution in [3.63, 3.8) is 0 Å². The molecule has 10 heteroatoms. The number of nitriles is 1. The summed E-state index contributed by atoms with van der Waals surface area (Å²) in [5.74, 6) is 0.827. The number of hydrogen-bond acceptors (Lipinski definition) is 9. The van der Waals surface area contributed by atoms with Crippen LogP contribution < -0.4 is 9.62 Å². The number of piperidine rings is 1. The number of nitrogens with one attached hydrogen (secondary N) is 1. The van der Waals surface area contributed by atoms with Crippen LogP contribution in [-0.4, -0.2) is 66.7 Å². The molecule has 1 aromatic heterocycles.